The van der Waals surface area contributed by atoms with Crippen molar-refractivity contribution < 1.29 is 4.79 Å². The van der Waals surface area contributed by atoms with E-state index in [0.717, 1.165) is 18.1 Å². The van der Waals surface area contributed by atoms with Crippen LogP contribution in [0, 0.1) is 0 Å². The summed E-state index contributed by atoms with van der Waals surface area (Å²) in [5.74, 6) is 1.71. The van der Waals surface area contributed by atoms with Crippen LogP contribution < -0.4 is 0 Å². The first kappa shape index (κ1) is 14.6. The highest BCUT2D eigenvalue weighted by Crippen LogP contribution is 2.23. The molecule has 1 aliphatic heterocycles. The Labute approximate surface area is 139 Å². The van der Waals surface area contributed by atoms with Gasteiger partial charge in [-0.3, -0.25) is 9.89 Å². The lowest BCUT2D eigenvalue weighted by atomic mass is 10.1. The second kappa shape index (κ2) is 5.92. The lowest BCUT2D eigenvalue weighted by Gasteiger charge is -2.32. The summed E-state index contributed by atoms with van der Waals surface area (Å²) in [6.07, 6.45) is 2.33. The molecule has 0 saturated carbocycles. The first-order valence-electron chi connectivity index (χ1n) is 7.97. The molecular formula is C17H18N6O. The first-order valence-corrected chi connectivity index (χ1v) is 7.97. The molecule has 1 N–H and O–H groups in total. The van der Waals surface area contributed by atoms with Gasteiger partial charge >= 0.3 is 0 Å². The molecule has 1 aliphatic rings. The molecule has 0 unspecified atom stereocenters. The molecule has 1 atom stereocenters. The largest absolute Gasteiger partial charge is 0.328 e. The van der Waals surface area contributed by atoms with Gasteiger partial charge in [0.05, 0.1) is 12.6 Å². The molecule has 3 aromatic rings. The molecule has 1 aromatic carbocycles. The third-order valence-corrected chi connectivity index (χ3v) is 4.32. The summed E-state index contributed by atoms with van der Waals surface area (Å²) in [5.41, 5.74) is 1.70. The molecule has 4 rings (SSSR count). The van der Waals surface area contributed by atoms with E-state index >= 15 is 0 Å². The molecule has 1 amide bonds. The van der Waals surface area contributed by atoms with Gasteiger partial charge in [-0.05, 0) is 18.6 Å². The minimum absolute atomic E-state index is 0.0572. The van der Waals surface area contributed by atoms with E-state index in [0.29, 0.717) is 18.8 Å². The maximum atomic E-state index is 12.5. The third-order valence-electron chi connectivity index (χ3n) is 4.32. The Hall–Kier alpha value is -2.96. The number of fused-ring (bicyclic) bond motifs is 1. The maximum Gasteiger partial charge on any atom is 0.272 e. The number of H-pyrrole nitrogens is 1. The highest BCUT2D eigenvalue weighted by molar-refractivity contribution is 5.92. The van der Waals surface area contributed by atoms with Crippen LogP contribution in [0.15, 0.2) is 42.6 Å². The van der Waals surface area contributed by atoms with Crippen LogP contribution >= 0.6 is 0 Å². The van der Waals surface area contributed by atoms with Crippen LogP contribution in [0.5, 0.6) is 0 Å². The highest BCUT2D eigenvalue weighted by atomic mass is 16.2. The summed E-state index contributed by atoms with van der Waals surface area (Å²) in [7, 11) is 0. The maximum absolute atomic E-state index is 12.5. The zero-order valence-electron chi connectivity index (χ0n) is 13.4. The van der Waals surface area contributed by atoms with Gasteiger partial charge in [-0.15, -0.1) is 10.2 Å². The second-order valence-corrected chi connectivity index (χ2v) is 6.07. The van der Waals surface area contributed by atoms with Crippen LogP contribution in [-0.2, 0) is 13.0 Å². The van der Waals surface area contributed by atoms with E-state index in [-0.39, 0.29) is 11.9 Å². The minimum Gasteiger partial charge on any atom is -0.328 e. The van der Waals surface area contributed by atoms with Gasteiger partial charge in [0.15, 0.2) is 5.82 Å². The van der Waals surface area contributed by atoms with Crippen LogP contribution in [-0.4, -0.2) is 42.3 Å². The number of carbonyl (C=O) groups is 1. The molecule has 3 heterocycles. The summed E-state index contributed by atoms with van der Waals surface area (Å²) < 4.78 is 2.16. The predicted octanol–water partition coefficient (Wildman–Crippen LogP) is 1.81. The SMILES string of the molecule is C[C@H]1CN(C(=O)c2ccn[nH]2)Cc2nnc(Cc3ccccc3)n21. The van der Waals surface area contributed by atoms with E-state index in [1.165, 1.54) is 5.56 Å². The van der Waals surface area contributed by atoms with Crippen molar-refractivity contribution in [1.29, 1.82) is 0 Å². The molecule has 24 heavy (non-hydrogen) atoms. The van der Waals surface area contributed by atoms with E-state index in [4.69, 9.17) is 0 Å². The fourth-order valence-corrected chi connectivity index (χ4v) is 3.21. The van der Waals surface area contributed by atoms with Gasteiger partial charge in [-0.1, -0.05) is 30.3 Å². The van der Waals surface area contributed by atoms with Gasteiger partial charge in [-0.25, -0.2) is 0 Å². The quantitative estimate of drug-likeness (QED) is 0.797. The molecule has 0 fully saturated rings. The number of amides is 1. The predicted molar refractivity (Wildman–Crippen MR) is 87.3 cm³/mol. The van der Waals surface area contributed by atoms with Crippen molar-refractivity contribution in [2.75, 3.05) is 6.54 Å². The molecule has 0 bridgehead atoms. The molecule has 2 aromatic heterocycles. The molecular weight excluding hydrogens is 304 g/mol. The number of aromatic nitrogens is 5. The Morgan fingerprint density at radius 2 is 2.08 bits per heavy atom. The number of benzene rings is 1. The average molecular weight is 322 g/mol. The van der Waals surface area contributed by atoms with Crippen molar-refractivity contribution in [2.45, 2.75) is 25.9 Å². The topological polar surface area (TPSA) is 79.7 Å². The highest BCUT2D eigenvalue weighted by Gasteiger charge is 2.30. The average Bonchev–Trinajstić information content (AvgIpc) is 3.25. The second-order valence-electron chi connectivity index (χ2n) is 6.07. The Morgan fingerprint density at radius 3 is 2.83 bits per heavy atom. The summed E-state index contributed by atoms with van der Waals surface area (Å²) in [5, 5.41) is 15.2. The third kappa shape index (κ3) is 2.58. The number of hydrogen-bond acceptors (Lipinski definition) is 4. The molecule has 7 heteroatoms. The van der Waals surface area contributed by atoms with E-state index in [2.05, 4.69) is 44.0 Å². The van der Waals surface area contributed by atoms with Gasteiger partial charge in [0.2, 0.25) is 0 Å². The number of nitrogens with one attached hydrogen (secondary N) is 1. The van der Waals surface area contributed by atoms with Gasteiger partial charge in [-0.2, -0.15) is 5.10 Å². The summed E-state index contributed by atoms with van der Waals surface area (Å²) >= 11 is 0. The Balaban J connectivity index is 1.58. The van der Waals surface area contributed by atoms with E-state index in [1.807, 2.05) is 18.2 Å². The molecule has 0 saturated heterocycles. The molecule has 122 valence electrons. The van der Waals surface area contributed by atoms with Crippen LogP contribution in [0.1, 0.15) is 40.7 Å². The number of hydrogen-bond donors (Lipinski definition) is 1. The normalized spacial score (nSPS) is 16.9. The lowest BCUT2D eigenvalue weighted by molar-refractivity contribution is 0.0673. The van der Waals surface area contributed by atoms with Crippen molar-refractivity contribution in [3.63, 3.8) is 0 Å². The van der Waals surface area contributed by atoms with Crippen molar-refractivity contribution in [3.05, 3.63) is 65.5 Å². The minimum atomic E-state index is -0.0572. The molecule has 7 nitrogen and oxygen atoms in total. The molecule has 0 radical (unpaired) electrons. The zero-order chi connectivity index (χ0) is 16.5. The van der Waals surface area contributed by atoms with Crippen molar-refractivity contribution in [3.8, 4) is 0 Å². The van der Waals surface area contributed by atoms with E-state index in [1.54, 1.807) is 17.2 Å². The lowest BCUT2D eigenvalue weighted by Crippen LogP contribution is -2.41. The van der Waals surface area contributed by atoms with Crippen LogP contribution in [0.25, 0.3) is 0 Å². The fourth-order valence-electron chi connectivity index (χ4n) is 3.21. The zero-order valence-corrected chi connectivity index (χ0v) is 13.4. The van der Waals surface area contributed by atoms with Crippen LogP contribution in [0.2, 0.25) is 0 Å². The van der Waals surface area contributed by atoms with Crippen LogP contribution in [0.3, 0.4) is 0 Å². The van der Waals surface area contributed by atoms with E-state index in [9.17, 15) is 4.79 Å². The van der Waals surface area contributed by atoms with Crippen LogP contribution in [0.4, 0.5) is 0 Å². The summed E-state index contributed by atoms with van der Waals surface area (Å²) in [6.45, 7) is 3.18. The Kier molecular flexibility index (Phi) is 3.60. The Morgan fingerprint density at radius 1 is 1.25 bits per heavy atom. The number of aromatic amines is 1. The number of nitrogens with zero attached hydrogens (tertiary/aromatic N) is 5. The van der Waals surface area contributed by atoms with Crippen molar-refractivity contribution >= 4 is 5.91 Å². The molecule has 0 spiro atoms. The molecule has 0 aliphatic carbocycles. The first-order chi connectivity index (χ1) is 11.7. The van der Waals surface area contributed by atoms with Gasteiger partial charge < -0.3 is 9.47 Å². The van der Waals surface area contributed by atoms with Gasteiger partial charge in [0, 0.05) is 19.2 Å². The fraction of sp³-hybridized carbons (Fsp3) is 0.294. The van der Waals surface area contributed by atoms with Gasteiger partial charge in [0.25, 0.3) is 5.91 Å². The number of carbonyl (C=O) groups excluding carboxylic acids is 1. The number of rotatable bonds is 3. The smallest absolute Gasteiger partial charge is 0.272 e. The standard InChI is InChI=1S/C17H18N6O/c1-12-10-22(17(24)14-7-8-18-19-14)11-16-21-20-15(23(12)16)9-13-5-3-2-4-6-13/h2-8,12H,9-11H2,1H3,(H,18,19)/t12-/m0/s1. The Bertz CT molecular complexity index is 839. The summed E-state index contributed by atoms with van der Waals surface area (Å²) in [4.78, 5) is 14.3. The van der Waals surface area contributed by atoms with Crippen molar-refractivity contribution in [1.82, 2.24) is 29.9 Å². The van der Waals surface area contributed by atoms with Gasteiger partial charge in [0.1, 0.15) is 11.5 Å². The monoisotopic (exact) mass is 322 g/mol. The van der Waals surface area contributed by atoms with Crippen molar-refractivity contribution in [2.24, 2.45) is 0 Å². The van der Waals surface area contributed by atoms with E-state index < -0.39 is 0 Å². The summed E-state index contributed by atoms with van der Waals surface area (Å²) in [6, 6.07) is 12.0.